The fraction of sp³-hybridized carbons (Fsp3) is 0.250. The van der Waals surface area contributed by atoms with Crippen molar-refractivity contribution in [3.63, 3.8) is 0 Å². The molecule has 1 aromatic carbocycles. The van der Waals surface area contributed by atoms with Gasteiger partial charge in [-0.3, -0.25) is 4.78 Å². The predicted octanol–water partition coefficient (Wildman–Crippen LogP) is 2.47. The maximum atomic E-state index is 11.1. The van der Waals surface area contributed by atoms with E-state index in [2.05, 4.69) is 22.6 Å². The molecule has 2 nitrogen and oxygen atoms in total. The summed E-state index contributed by atoms with van der Waals surface area (Å²) >= 11 is 2.20. The minimum absolute atomic E-state index is 0.351. The third kappa shape index (κ3) is 3.53. The van der Waals surface area contributed by atoms with Crippen molar-refractivity contribution in [2.24, 2.45) is 0 Å². The molecule has 1 atom stereocenters. The van der Waals surface area contributed by atoms with Gasteiger partial charge in [-0.05, 0) is 40.3 Å². The molecule has 12 heavy (non-hydrogen) atoms. The Kier molecular flexibility index (Phi) is 3.11. The fourth-order valence-corrected chi connectivity index (χ4v) is 2.37. The second kappa shape index (κ2) is 3.74. The largest absolute Gasteiger partial charge is 0.253 e. The van der Waals surface area contributed by atoms with Crippen LogP contribution in [0.3, 0.4) is 0 Å². The predicted molar refractivity (Wildman–Crippen MR) is 59.6 cm³/mol. The molecule has 0 aliphatic rings. The van der Waals surface area contributed by atoms with Crippen LogP contribution in [0.2, 0.25) is 0 Å². The van der Waals surface area contributed by atoms with Gasteiger partial charge in [0, 0.05) is 19.6 Å². The molecule has 0 amide bonds. The number of hydrogen-bond acceptors (Lipinski definition) is 2. The Balaban J connectivity index is 2.91. The summed E-state index contributed by atoms with van der Waals surface area (Å²) in [4.78, 5) is 0. The molecule has 0 fully saturated rings. The number of nitrogens with one attached hydrogen (secondary N) is 1. The third-order valence-electron chi connectivity index (χ3n) is 1.33. The lowest BCUT2D eigenvalue weighted by atomic mass is 10.2. The Morgan fingerprint density at radius 3 is 2.75 bits per heavy atom. The SMILES string of the molecule is CS(=N)(=O)Cc1cccc(I)c1. The second-order valence-electron chi connectivity index (χ2n) is 2.78. The van der Waals surface area contributed by atoms with Gasteiger partial charge < -0.3 is 0 Å². The molecule has 1 unspecified atom stereocenters. The van der Waals surface area contributed by atoms with E-state index in [1.165, 1.54) is 6.26 Å². The fourth-order valence-electron chi connectivity index (χ4n) is 0.945. The summed E-state index contributed by atoms with van der Waals surface area (Å²) in [6.45, 7) is 0. The van der Waals surface area contributed by atoms with Crippen LogP contribution in [-0.2, 0) is 15.5 Å². The van der Waals surface area contributed by atoms with Crippen molar-refractivity contribution >= 4 is 32.3 Å². The lowest BCUT2D eigenvalue weighted by Crippen LogP contribution is -1.98. The molecule has 1 rings (SSSR count). The quantitative estimate of drug-likeness (QED) is 0.837. The van der Waals surface area contributed by atoms with Crippen LogP contribution in [0, 0.1) is 8.35 Å². The first-order valence-corrected chi connectivity index (χ1v) is 6.65. The first kappa shape index (κ1) is 9.98. The molecular formula is C8H10INOS. The molecule has 1 N–H and O–H groups in total. The Hall–Kier alpha value is -0.100. The standard InChI is InChI=1S/C8H10INOS/c1-12(10,11)6-7-3-2-4-8(9)5-7/h2-5,10H,6H2,1H3. The average molecular weight is 295 g/mol. The van der Waals surface area contributed by atoms with E-state index in [1.54, 1.807) is 0 Å². The molecule has 0 saturated carbocycles. The van der Waals surface area contributed by atoms with E-state index in [1.807, 2.05) is 24.3 Å². The number of rotatable bonds is 2. The van der Waals surface area contributed by atoms with Crippen LogP contribution < -0.4 is 0 Å². The van der Waals surface area contributed by atoms with Gasteiger partial charge >= 0.3 is 0 Å². The van der Waals surface area contributed by atoms with Crippen molar-refractivity contribution in [2.75, 3.05) is 6.26 Å². The topological polar surface area (TPSA) is 40.9 Å². The van der Waals surface area contributed by atoms with E-state index < -0.39 is 9.73 Å². The zero-order chi connectivity index (χ0) is 9.19. The van der Waals surface area contributed by atoms with Gasteiger partial charge in [0.1, 0.15) is 0 Å². The normalized spacial score (nSPS) is 15.5. The van der Waals surface area contributed by atoms with E-state index in [-0.39, 0.29) is 0 Å². The highest BCUT2D eigenvalue weighted by atomic mass is 127. The highest BCUT2D eigenvalue weighted by molar-refractivity contribution is 14.1. The van der Waals surface area contributed by atoms with Crippen LogP contribution in [0.1, 0.15) is 5.56 Å². The summed E-state index contributed by atoms with van der Waals surface area (Å²) in [5.74, 6) is 0.351. The minimum atomic E-state index is -2.40. The lowest BCUT2D eigenvalue weighted by Gasteiger charge is -2.01. The second-order valence-corrected chi connectivity index (χ2v) is 6.32. The van der Waals surface area contributed by atoms with E-state index >= 15 is 0 Å². The van der Waals surface area contributed by atoms with Gasteiger partial charge in [0.05, 0.1) is 5.75 Å². The number of halogens is 1. The summed E-state index contributed by atoms with van der Waals surface area (Å²) in [5.41, 5.74) is 0.976. The molecule has 0 aliphatic heterocycles. The first-order valence-electron chi connectivity index (χ1n) is 3.43. The van der Waals surface area contributed by atoms with Gasteiger partial charge in [0.2, 0.25) is 0 Å². The zero-order valence-electron chi connectivity index (χ0n) is 6.71. The molecular weight excluding hydrogens is 285 g/mol. The van der Waals surface area contributed by atoms with Crippen LogP contribution in [0.15, 0.2) is 24.3 Å². The van der Waals surface area contributed by atoms with Crippen molar-refractivity contribution in [3.05, 3.63) is 33.4 Å². The molecule has 0 heterocycles. The molecule has 0 radical (unpaired) electrons. The molecule has 0 aliphatic carbocycles. The van der Waals surface area contributed by atoms with Gasteiger partial charge in [-0.1, -0.05) is 12.1 Å². The maximum absolute atomic E-state index is 11.1. The van der Waals surface area contributed by atoms with Gasteiger partial charge in [0.25, 0.3) is 0 Å². The van der Waals surface area contributed by atoms with Crippen LogP contribution in [0.5, 0.6) is 0 Å². The van der Waals surface area contributed by atoms with E-state index in [4.69, 9.17) is 4.78 Å². The van der Waals surface area contributed by atoms with Gasteiger partial charge in [-0.25, -0.2) is 4.21 Å². The summed E-state index contributed by atoms with van der Waals surface area (Å²) in [7, 11) is -2.40. The molecule has 66 valence electrons. The molecule has 0 saturated heterocycles. The van der Waals surface area contributed by atoms with E-state index in [0.29, 0.717) is 5.75 Å². The van der Waals surface area contributed by atoms with Crippen LogP contribution in [0.4, 0.5) is 0 Å². The average Bonchev–Trinajstić information content (AvgIpc) is 1.82. The highest BCUT2D eigenvalue weighted by Crippen LogP contribution is 2.10. The summed E-state index contributed by atoms with van der Waals surface area (Å²) in [6.07, 6.45) is 1.47. The molecule has 0 bridgehead atoms. The summed E-state index contributed by atoms with van der Waals surface area (Å²) < 4.78 is 19.5. The lowest BCUT2D eigenvalue weighted by molar-refractivity contribution is 0.678. The van der Waals surface area contributed by atoms with Crippen LogP contribution in [-0.4, -0.2) is 10.5 Å². The Morgan fingerprint density at radius 1 is 1.58 bits per heavy atom. The van der Waals surface area contributed by atoms with Crippen molar-refractivity contribution in [3.8, 4) is 0 Å². The van der Waals surface area contributed by atoms with Crippen molar-refractivity contribution in [2.45, 2.75) is 5.75 Å². The van der Waals surface area contributed by atoms with Gasteiger partial charge in [-0.15, -0.1) is 0 Å². The van der Waals surface area contributed by atoms with E-state index in [0.717, 1.165) is 9.13 Å². The Labute approximate surface area is 86.5 Å². The van der Waals surface area contributed by atoms with E-state index in [9.17, 15) is 4.21 Å². The molecule has 1 aromatic rings. The smallest absolute Gasteiger partial charge is 0.0563 e. The highest BCUT2D eigenvalue weighted by Gasteiger charge is 2.00. The Bertz CT molecular complexity index is 372. The summed E-state index contributed by atoms with van der Waals surface area (Å²) in [6, 6.07) is 7.76. The number of hydrogen-bond donors (Lipinski definition) is 1. The van der Waals surface area contributed by atoms with Crippen molar-refractivity contribution in [1.29, 1.82) is 4.78 Å². The molecule has 4 heteroatoms. The minimum Gasteiger partial charge on any atom is -0.253 e. The molecule has 0 spiro atoms. The van der Waals surface area contributed by atoms with Gasteiger partial charge in [-0.2, -0.15) is 0 Å². The van der Waals surface area contributed by atoms with Crippen LogP contribution in [0.25, 0.3) is 0 Å². The maximum Gasteiger partial charge on any atom is 0.0563 e. The monoisotopic (exact) mass is 295 g/mol. The third-order valence-corrected chi connectivity index (χ3v) is 2.89. The van der Waals surface area contributed by atoms with Crippen molar-refractivity contribution in [1.82, 2.24) is 0 Å². The zero-order valence-corrected chi connectivity index (χ0v) is 9.68. The van der Waals surface area contributed by atoms with Gasteiger partial charge in [0.15, 0.2) is 0 Å². The molecule has 0 aromatic heterocycles. The Morgan fingerprint density at radius 2 is 2.25 bits per heavy atom. The van der Waals surface area contributed by atoms with Crippen molar-refractivity contribution < 1.29 is 4.21 Å². The number of benzene rings is 1. The van der Waals surface area contributed by atoms with Crippen LogP contribution >= 0.6 is 22.6 Å². The summed E-state index contributed by atoms with van der Waals surface area (Å²) in [5, 5.41) is 0. The first-order chi connectivity index (χ1) is 5.47.